The van der Waals surface area contributed by atoms with Crippen molar-refractivity contribution in [1.82, 2.24) is 9.88 Å². The van der Waals surface area contributed by atoms with E-state index in [0.29, 0.717) is 23.8 Å². The first-order chi connectivity index (χ1) is 10.5. The van der Waals surface area contributed by atoms with E-state index in [-0.39, 0.29) is 17.9 Å². The van der Waals surface area contributed by atoms with Gasteiger partial charge >= 0.3 is 0 Å². The molecule has 1 aromatic heterocycles. The molecule has 1 aliphatic heterocycles. The second kappa shape index (κ2) is 6.23. The smallest absolute Gasteiger partial charge is 0.272 e. The Hall–Kier alpha value is -1.65. The molecule has 0 bridgehead atoms. The molecule has 3 rings (SSSR count). The Balaban J connectivity index is 1.78. The summed E-state index contributed by atoms with van der Waals surface area (Å²) in [6.45, 7) is 3.16. The highest BCUT2D eigenvalue weighted by Crippen LogP contribution is 2.23. The van der Waals surface area contributed by atoms with Gasteiger partial charge in [-0.3, -0.25) is 4.79 Å². The lowest BCUT2D eigenvalue weighted by molar-refractivity contribution is 0.0517. The first-order valence-corrected chi connectivity index (χ1v) is 7.96. The number of fused-ring (bicyclic) bond motifs is 1. The van der Waals surface area contributed by atoms with Crippen molar-refractivity contribution in [3.05, 3.63) is 41.0 Å². The molecule has 1 saturated heterocycles. The topological polar surface area (TPSA) is 53.4 Å². The SMILES string of the molecule is C[C@@H](O)C1CCN(C(=O)c2ccc3ccc(Cl)cc3n2)CC1. The lowest BCUT2D eigenvalue weighted by atomic mass is 9.92. The molecular formula is C17H19ClN2O2. The number of likely N-dealkylation sites (tertiary alicyclic amines) is 1. The van der Waals surface area contributed by atoms with E-state index in [9.17, 15) is 9.90 Å². The van der Waals surface area contributed by atoms with Gasteiger partial charge in [0.15, 0.2) is 0 Å². The minimum Gasteiger partial charge on any atom is -0.393 e. The van der Waals surface area contributed by atoms with Gasteiger partial charge in [0.2, 0.25) is 0 Å². The predicted molar refractivity (Wildman–Crippen MR) is 87.1 cm³/mol. The third kappa shape index (κ3) is 3.08. The van der Waals surface area contributed by atoms with E-state index in [2.05, 4.69) is 4.98 Å². The Morgan fingerprint density at radius 3 is 2.68 bits per heavy atom. The van der Waals surface area contributed by atoms with Gasteiger partial charge in [-0.05, 0) is 43.9 Å². The summed E-state index contributed by atoms with van der Waals surface area (Å²) < 4.78 is 0. The standard InChI is InChI=1S/C17H19ClN2O2/c1-11(21)12-6-8-20(9-7-12)17(22)15-5-3-13-2-4-14(18)10-16(13)19-15/h2-5,10-12,21H,6-9H2,1H3/t11-/m1/s1. The molecule has 0 saturated carbocycles. The molecule has 1 fully saturated rings. The maximum Gasteiger partial charge on any atom is 0.272 e. The zero-order valence-corrected chi connectivity index (χ0v) is 13.3. The second-order valence-corrected chi connectivity index (χ2v) is 6.34. The number of halogens is 1. The largest absolute Gasteiger partial charge is 0.393 e. The molecule has 0 aliphatic carbocycles. The first kappa shape index (κ1) is 15.3. The van der Waals surface area contributed by atoms with Gasteiger partial charge in [-0.25, -0.2) is 4.98 Å². The lowest BCUT2D eigenvalue weighted by Crippen LogP contribution is -2.41. The molecule has 116 valence electrons. The number of nitrogens with zero attached hydrogens (tertiary/aromatic N) is 2. The van der Waals surface area contributed by atoms with Crippen LogP contribution in [-0.2, 0) is 0 Å². The summed E-state index contributed by atoms with van der Waals surface area (Å²) in [5.41, 5.74) is 1.18. The average Bonchev–Trinajstić information content (AvgIpc) is 2.53. The van der Waals surface area contributed by atoms with E-state index in [0.717, 1.165) is 23.7 Å². The van der Waals surface area contributed by atoms with Crippen molar-refractivity contribution in [3.63, 3.8) is 0 Å². The van der Waals surface area contributed by atoms with Gasteiger partial charge in [0, 0.05) is 23.5 Å². The summed E-state index contributed by atoms with van der Waals surface area (Å²) in [5.74, 6) is 0.235. The van der Waals surface area contributed by atoms with E-state index < -0.39 is 0 Å². The fourth-order valence-electron chi connectivity index (χ4n) is 2.96. The molecular weight excluding hydrogens is 300 g/mol. The van der Waals surface area contributed by atoms with Crippen LogP contribution in [0.25, 0.3) is 10.9 Å². The van der Waals surface area contributed by atoms with Gasteiger partial charge in [0.1, 0.15) is 5.69 Å². The Bertz CT molecular complexity index is 694. The summed E-state index contributed by atoms with van der Waals surface area (Å²) in [6.07, 6.45) is 1.37. The van der Waals surface area contributed by atoms with Crippen molar-refractivity contribution in [2.75, 3.05) is 13.1 Å². The number of hydrogen-bond donors (Lipinski definition) is 1. The van der Waals surface area contributed by atoms with Crippen molar-refractivity contribution in [1.29, 1.82) is 0 Å². The van der Waals surface area contributed by atoms with Crippen LogP contribution < -0.4 is 0 Å². The fourth-order valence-corrected chi connectivity index (χ4v) is 3.12. The van der Waals surface area contributed by atoms with Crippen molar-refractivity contribution < 1.29 is 9.90 Å². The van der Waals surface area contributed by atoms with Crippen molar-refractivity contribution in [3.8, 4) is 0 Å². The van der Waals surface area contributed by atoms with Crippen molar-refractivity contribution >= 4 is 28.4 Å². The fraction of sp³-hybridized carbons (Fsp3) is 0.412. The summed E-state index contributed by atoms with van der Waals surface area (Å²) in [4.78, 5) is 18.8. The number of piperidine rings is 1. The van der Waals surface area contributed by atoms with E-state index in [1.165, 1.54) is 0 Å². The normalized spacial score (nSPS) is 17.7. The highest BCUT2D eigenvalue weighted by atomic mass is 35.5. The van der Waals surface area contributed by atoms with Crippen LogP contribution in [0.1, 0.15) is 30.3 Å². The summed E-state index contributed by atoms with van der Waals surface area (Å²) in [7, 11) is 0. The lowest BCUT2D eigenvalue weighted by Gasteiger charge is -2.33. The number of carbonyl (C=O) groups is 1. The molecule has 2 aromatic rings. The van der Waals surface area contributed by atoms with Crippen LogP contribution in [0.4, 0.5) is 0 Å². The van der Waals surface area contributed by atoms with Gasteiger partial charge in [-0.2, -0.15) is 0 Å². The number of amides is 1. The minimum absolute atomic E-state index is 0.0501. The molecule has 1 aromatic carbocycles. The van der Waals surface area contributed by atoms with Gasteiger partial charge in [-0.1, -0.05) is 23.7 Å². The van der Waals surface area contributed by atoms with Crippen LogP contribution >= 0.6 is 11.6 Å². The Kier molecular flexibility index (Phi) is 4.32. The highest BCUT2D eigenvalue weighted by Gasteiger charge is 2.26. The number of aliphatic hydroxyl groups excluding tert-OH is 1. The predicted octanol–water partition coefficient (Wildman–Crippen LogP) is 3.12. The molecule has 1 atom stereocenters. The van der Waals surface area contributed by atoms with Crippen LogP contribution in [0.15, 0.2) is 30.3 Å². The molecule has 2 heterocycles. The number of rotatable bonds is 2. The third-order valence-corrected chi connectivity index (χ3v) is 4.62. The third-order valence-electron chi connectivity index (χ3n) is 4.38. The molecule has 1 N–H and O–H groups in total. The maximum atomic E-state index is 12.6. The van der Waals surface area contributed by atoms with E-state index in [1.54, 1.807) is 12.1 Å². The number of aromatic nitrogens is 1. The van der Waals surface area contributed by atoms with Crippen molar-refractivity contribution in [2.45, 2.75) is 25.9 Å². The Labute approximate surface area is 134 Å². The maximum absolute atomic E-state index is 12.6. The monoisotopic (exact) mass is 318 g/mol. The van der Waals surface area contributed by atoms with E-state index in [4.69, 9.17) is 11.6 Å². The summed E-state index contributed by atoms with van der Waals surface area (Å²) in [5, 5.41) is 11.2. The van der Waals surface area contributed by atoms with Gasteiger partial charge < -0.3 is 10.0 Å². The molecule has 1 amide bonds. The summed E-state index contributed by atoms with van der Waals surface area (Å²) in [6, 6.07) is 9.14. The molecule has 22 heavy (non-hydrogen) atoms. The quantitative estimate of drug-likeness (QED) is 0.925. The number of pyridine rings is 1. The number of benzene rings is 1. The molecule has 0 radical (unpaired) electrons. The Morgan fingerprint density at radius 2 is 2.00 bits per heavy atom. The van der Waals surface area contributed by atoms with Gasteiger partial charge in [0.05, 0.1) is 11.6 Å². The molecule has 0 spiro atoms. The molecule has 0 unspecified atom stereocenters. The highest BCUT2D eigenvalue weighted by molar-refractivity contribution is 6.31. The minimum atomic E-state index is -0.307. The second-order valence-electron chi connectivity index (χ2n) is 5.90. The number of carbonyl (C=O) groups excluding carboxylic acids is 1. The molecule has 1 aliphatic rings. The van der Waals surface area contributed by atoms with Crippen LogP contribution in [0.5, 0.6) is 0 Å². The van der Waals surface area contributed by atoms with Gasteiger partial charge in [0.25, 0.3) is 5.91 Å². The van der Waals surface area contributed by atoms with Crippen LogP contribution in [0.2, 0.25) is 5.02 Å². The molecule has 5 heteroatoms. The first-order valence-electron chi connectivity index (χ1n) is 7.58. The van der Waals surface area contributed by atoms with Gasteiger partial charge in [-0.15, -0.1) is 0 Å². The summed E-state index contributed by atoms with van der Waals surface area (Å²) >= 11 is 5.99. The van der Waals surface area contributed by atoms with Crippen LogP contribution in [-0.4, -0.2) is 40.1 Å². The van der Waals surface area contributed by atoms with E-state index >= 15 is 0 Å². The zero-order chi connectivity index (χ0) is 15.7. The number of aliphatic hydroxyl groups is 1. The molecule has 4 nitrogen and oxygen atoms in total. The van der Waals surface area contributed by atoms with E-state index in [1.807, 2.05) is 30.0 Å². The Morgan fingerprint density at radius 1 is 1.32 bits per heavy atom. The van der Waals surface area contributed by atoms with Crippen molar-refractivity contribution in [2.24, 2.45) is 5.92 Å². The van der Waals surface area contributed by atoms with Crippen LogP contribution in [0, 0.1) is 5.92 Å². The van der Waals surface area contributed by atoms with Crippen LogP contribution in [0.3, 0.4) is 0 Å². The average molecular weight is 319 g/mol. The zero-order valence-electron chi connectivity index (χ0n) is 12.5. The number of hydrogen-bond acceptors (Lipinski definition) is 3.